The van der Waals surface area contributed by atoms with Crippen molar-refractivity contribution >= 4 is 52.3 Å². The minimum atomic E-state index is -1.10. The molecule has 3 aliphatic heterocycles. The zero-order valence-corrected chi connectivity index (χ0v) is 19.7. The summed E-state index contributed by atoms with van der Waals surface area (Å²) >= 11 is 5.92. The van der Waals surface area contributed by atoms with E-state index in [4.69, 9.17) is 11.6 Å². The quantitative estimate of drug-likeness (QED) is 0.216. The highest BCUT2D eigenvalue weighted by Gasteiger charge is 2.64. The van der Waals surface area contributed by atoms with Crippen LogP contribution in [0.3, 0.4) is 0 Å². The van der Waals surface area contributed by atoms with Gasteiger partial charge in [0.25, 0.3) is 5.69 Å². The summed E-state index contributed by atoms with van der Waals surface area (Å²) in [6, 6.07) is 14.5. The van der Waals surface area contributed by atoms with E-state index in [1.165, 1.54) is 36.4 Å². The molecule has 10 heteroatoms. The van der Waals surface area contributed by atoms with Crippen molar-refractivity contribution in [1.29, 1.82) is 0 Å². The number of imide groups is 1. The van der Waals surface area contributed by atoms with E-state index in [1.54, 1.807) is 17.0 Å². The van der Waals surface area contributed by atoms with E-state index in [2.05, 4.69) is 0 Å². The number of nitro groups is 1. The van der Waals surface area contributed by atoms with Gasteiger partial charge in [-0.2, -0.15) is 0 Å². The lowest BCUT2D eigenvalue weighted by atomic mass is 9.86. The van der Waals surface area contributed by atoms with Gasteiger partial charge in [-0.1, -0.05) is 54.1 Å². The number of rotatable bonds is 4. The molecule has 3 heterocycles. The fourth-order valence-corrected chi connectivity index (χ4v) is 5.81. The van der Waals surface area contributed by atoms with Crippen molar-refractivity contribution < 1.29 is 23.7 Å². The van der Waals surface area contributed by atoms with Crippen molar-refractivity contribution in [3.05, 3.63) is 105 Å². The number of nitrogens with zero attached hydrogens (tertiary/aromatic N) is 3. The van der Waals surface area contributed by atoms with Crippen LogP contribution in [0.5, 0.6) is 0 Å². The van der Waals surface area contributed by atoms with Crippen LogP contribution in [0.25, 0.3) is 6.08 Å². The molecule has 0 spiro atoms. The van der Waals surface area contributed by atoms with E-state index in [1.807, 2.05) is 24.3 Å². The maximum atomic E-state index is 14.0. The van der Waals surface area contributed by atoms with Gasteiger partial charge >= 0.3 is 0 Å². The molecule has 3 aliphatic rings. The summed E-state index contributed by atoms with van der Waals surface area (Å²) < 4.78 is 13.8. The highest BCUT2D eigenvalue weighted by Crippen LogP contribution is 2.50. The average Bonchev–Trinajstić information content (AvgIpc) is 3.38. The summed E-state index contributed by atoms with van der Waals surface area (Å²) in [5, 5.41) is 11.1. The Balaban J connectivity index is 1.49. The molecule has 8 nitrogen and oxygen atoms in total. The zero-order chi connectivity index (χ0) is 26.0. The van der Waals surface area contributed by atoms with E-state index in [0.29, 0.717) is 5.69 Å². The van der Waals surface area contributed by atoms with Crippen molar-refractivity contribution in [3.8, 4) is 0 Å². The van der Waals surface area contributed by atoms with Gasteiger partial charge in [-0.3, -0.25) is 24.5 Å². The Bertz CT molecular complexity index is 1560. The van der Waals surface area contributed by atoms with Crippen molar-refractivity contribution in [3.63, 3.8) is 0 Å². The number of anilines is 2. The monoisotopic (exact) mass is 517 g/mol. The van der Waals surface area contributed by atoms with Crippen LogP contribution in [-0.4, -0.2) is 34.6 Å². The number of hydrogen-bond acceptors (Lipinski definition) is 6. The first-order valence-electron chi connectivity index (χ1n) is 11.4. The van der Waals surface area contributed by atoms with E-state index < -0.39 is 52.3 Å². The minimum absolute atomic E-state index is 0.0640. The number of ketones is 1. The molecule has 0 aliphatic carbocycles. The summed E-state index contributed by atoms with van der Waals surface area (Å²) in [6.07, 6.45) is 3.65. The summed E-state index contributed by atoms with van der Waals surface area (Å²) in [6.45, 7) is 0. The Morgan fingerprint density at radius 3 is 2.49 bits per heavy atom. The number of halogens is 2. The van der Waals surface area contributed by atoms with Gasteiger partial charge in [0.1, 0.15) is 11.9 Å². The van der Waals surface area contributed by atoms with Crippen molar-refractivity contribution in [2.45, 2.75) is 12.1 Å². The molecule has 0 aromatic heterocycles. The lowest BCUT2D eigenvalue weighted by Gasteiger charge is -2.36. The normalized spacial score (nSPS) is 23.6. The second kappa shape index (κ2) is 8.35. The number of benzene rings is 3. The van der Waals surface area contributed by atoms with Gasteiger partial charge in [-0.25, -0.2) is 9.29 Å². The third-order valence-electron chi connectivity index (χ3n) is 7.19. The van der Waals surface area contributed by atoms with E-state index in [9.17, 15) is 28.9 Å². The number of para-hydroxylation sites is 1. The fraction of sp³-hybridized carbons (Fsp3) is 0.148. The smallest absolute Gasteiger partial charge is 0.270 e. The molecule has 0 unspecified atom stereocenters. The van der Waals surface area contributed by atoms with Crippen molar-refractivity contribution in [1.82, 2.24) is 0 Å². The van der Waals surface area contributed by atoms with E-state index >= 15 is 0 Å². The first-order chi connectivity index (χ1) is 17.8. The lowest BCUT2D eigenvalue weighted by Crippen LogP contribution is -2.48. The third kappa shape index (κ3) is 3.38. The fourth-order valence-electron chi connectivity index (χ4n) is 5.64. The second-order valence-electron chi connectivity index (χ2n) is 9.09. The van der Waals surface area contributed by atoms with Gasteiger partial charge in [-0.05, 0) is 29.8 Å². The molecule has 2 fully saturated rings. The third-order valence-corrected chi connectivity index (χ3v) is 7.48. The van der Waals surface area contributed by atoms with Crippen LogP contribution in [-0.2, 0) is 9.59 Å². The Hall–Kier alpha value is -4.37. The molecule has 2 amide bonds. The second-order valence-corrected chi connectivity index (χ2v) is 9.50. The average molecular weight is 518 g/mol. The van der Waals surface area contributed by atoms with Gasteiger partial charge in [0.05, 0.1) is 33.5 Å². The predicted molar refractivity (Wildman–Crippen MR) is 134 cm³/mol. The molecule has 3 aromatic carbocycles. The highest BCUT2D eigenvalue weighted by atomic mass is 35.5. The number of carbonyl (C=O) groups is 3. The molecule has 37 heavy (non-hydrogen) atoms. The topological polar surface area (TPSA) is 101 Å². The largest absolute Gasteiger partial charge is 0.352 e. The Morgan fingerprint density at radius 1 is 0.973 bits per heavy atom. The van der Waals surface area contributed by atoms with E-state index in [-0.39, 0.29) is 22.0 Å². The minimum Gasteiger partial charge on any atom is -0.352 e. The summed E-state index contributed by atoms with van der Waals surface area (Å²) in [5.41, 5.74) is 1.42. The predicted octanol–water partition coefficient (Wildman–Crippen LogP) is 4.66. The molecule has 0 radical (unpaired) electrons. The Kier molecular flexibility index (Phi) is 5.20. The van der Waals surface area contributed by atoms with Crippen LogP contribution >= 0.6 is 11.6 Å². The SMILES string of the molecule is O=C(c1cccc([N+](=O)[O-])c1)[C@@H]1[C@H]2C(=O)N(c3ccc(F)c(Cl)c3)C(=O)[C@@H]2[C@@H]2C=Cc3ccccc3N12. The standard InChI is InChI=1S/C27H17ClFN3O5/c28-18-13-16(9-10-19(18)29)30-26(34)22-21-11-8-14-4-1-2-7-20(14)31(21)24(23(22)27(30)35)25(33)15-5-3-6-17(12-15)32(36)37/h1-13,21-24H/t21-,22+,23-,24-/m0/s1. The molecule has 2 saturated heterocycles. The number of hydrogen-bond donors (Lipinski definition) is 0. The molecule has 3 aromatic rings. The summed E-state index contributed by atoms with van der Waals surface area (Å²) in [4.78, 5) is 55.0. The molecular formula is C27H17ClFN3O5. The van der Waals surface area contributed by atoms with Crippen LogP contribution in [0.15, 0.2) is 72.8 Å². The molecule has 0 N–H and O–H groups in total. The molecule has 0 saturated carbocycles. The number of Topliss-reactive ketones (excluding diaryl/α,β-unsaturated/α-hetero) is 1. The van der Waals surface area contributed by atoms with Gasteiger partial charge in [0.2, 0.25) is 11.8 Å². The summed E-state index contributed by atoms with van der Waals surface area (Å²) in [7, 11) is 0. The van der Waals surface area contributed by atoms with Crippen molar-refractivity contribution in [2.75, 3.05) is 9.80 Å². The van der Waals surface area contributed by atoms with Crippen LogP contribution in [0.2, 0.25) is 5.02 Å². The number of non-ortho nitro benzene ring substituents is 1. The zero-order valence-electron chi connectivity index (χ0n) is 19.0. The molecular weight excluding hydrogens is 501 g/mol. The number of carbonyl (C=O) groups excluding carboxylic acids is 3. The van der Waals surface area contributed by atoms with Crippen LogP contribution < -0.4 is 9.80 Å². The molecule has 0 bridgehead atoms. The van der Waals surface area contributed by atoms with Gasteiger partial charge in [0.15, 0.2) is 5.78 Å². The number of nitro benzene ring substituents is 1. The van der Waals surface area contributed by atoms with Gasteiger partial charge < -0.3 is 4.90 Å². The number of amides is 2. The van der Waals surface area contributed by atoms with Crippen LogP contribution in [0.1, 0.15) is 15.9 Å². The van der Waals surface area contributed by atoms with Crippen LogP contribution in [0.4, 0.5) is 21.5 Å². The molecule has 4 atom stereocenters. The highest BCUT2D eigenvalue weighted by molar-refractivity contribution is 6.32. The van der Waals surface area contributed by atoms with Gasteiger partial charge in [-0.15, -0.1) is 0 Å². The van der Waals surface area contributed by atoms with E-state index in [0.717, 1.165) is 16.5 Å². The van der Waals surface area contributed by atoms with Gasteiger partial charge in [0, 0.05) is 23.4 Å². The lowest BCUT2D eigenvalue weighted by molar-refractivity contribution is -0.384. The molecule has 6 rings (SSSR count). The maximum absolute atomic E-state index is 14.0. The molecule has 184 valence electrons. The maximum Gasteiger partial charge on any atom is 0.270 e. The Morgan fingerprint density at radius 2 is 1.73 bits per heavy atom. The first kappa shape index (κ1) is 23.1. The Labute approximate surface area is 214 Å². The van der Waals surface area contributed by atoms with Crippen LogP contribution in [0, 0.1) is 27.8 Å². The van der Waals surface area contributed by atoms with Crippen molar-refractivity contribution in [2.24, 2.45) is 11.8 Å². The number of fused-ring (bicyclic) bond motifs is 5. The first-order valence-corrected chi connectivity index (χ1v) is 11.8. The summed E-state index contributed by atoms with van der Waals surface area (Å²) in [5.74, 6) is -4.29.